The summed E-state index contributed by atoms with van der Waals surface area (Å²) in [4.78, 5) is 30.3. The lowest BCUT2D eigenvalue weighted by Crippen LogP contribution is -2.36. The van der Waals surface area contributed by atoms with Crippen molar-refractivity contribution < 1.29 is 14.1 Å². The number of hydrogen-bond donors (Lipinski definition) is 0. The summed E-state index contributed by atoms with van der Waals surface area (Å²) in [5.74, 6) is 0.638. The van der Waals surface area contributed by atoms with Gasteiger partial charge in [-0.2, -0.15) is 4.98 Å². The maximum absolute atomic E-state index is 12.9. The van der Waals surface area contributed by atoms with Gasteiger partial charge >= 0.3 is 0 Å². The molecule has 0 spiro atoms. The first-order chi connectivity index (χ1) is 13.6. The highest BCUT2D eigenvalue weighted by Crippen LogP contribution is 2.28. The fraction of sp³-hybridized carbons (Fsp3) is 0.389. The fourth-order valence-corrected chi connectivity index (χ4v) is 3.95. The minimum atomic E-state index is -0.118. The molecule has 0 saturated carbocycles. The number of aromatic nitrogens is 4. The molecule has 0 aromatic carbocycles. The molecule has 0 atom stereocenters. The number of thiazole rings is 1. The van der Waals surface area contributed by atoms with Crippen LogP contribution in [-0.4, -0.2) is 64.3 Å². The Hall–Kier alpha value is -2.85. The fourth-order valence-electron chi connectivity index (χ4n) is 2.84. The highest BCUT2D eigenvalue weighted by Gasteiger charge is 2.24. The number of hydrogen-bond acceptors (Lipinski definition) is 9. The third kappa shape index (κ3) is 3.87. The zero-order valence-corrected chi connectivity index (χ0v) is 16.5. The summed E-state index contributed by atoms with van der Waals surface area (Å²) in [5, 5.41) is 4.79. The molecule has 1 saturated heterocycles. The maximum Gasteiger partial charge on any atom is 0.266 e. The van der Waals surface area contributed by atoms with E-state index in [9.17, 15) is 4.79 Å². The number of carbonyl (C=O) groups is 1. The Morgan fingerprint density at radius 3 is 2.86 bits per heavy atom. The predicted octanol–water partition coefficient (Wildman–Crippen LogP) is 2.01. The molecule has 10 heteroatoms. The quantitative estimate of drug-likeness (QED) is 0.641. The van der Waals surface area contributed by atoms with E-state index in [1.807, 2.05) is 19.1 Å². The van der Waals surface area contributed by atoms with Crippen LogP contribution in [0.2, 0.25) is 0 Å². The molecule has 3 aromatic heterocycles. The molecule has 28 heavy (non-hydrogen) atoms. The number of ether oxygens (including phenoxy) is 1. The van der Waals surface area contributed by atoms with Gasteiger partial charge in [0.2, 0.25) is 11.7 Å². The number of pyridine rings is 1. The molecule has 0 aliphatic carbocycles. The van der Waals surface area contributed by atoms with Crippen molar-refractivity contribution in [1.29, 1.82) is 0 Å². The first kappa shape index (κ1) is 18.5. The van der Waals surface area contributed by atoms with E-state index in [-0.39, 0.29) is 12.5 Å². The van der Waals surface area contributed by atoms with Crippen molar-refractivity contribution in [2.75, 3.05) is 38.3 Å². The highest BCUT2D eigenvalue weighted by atomic mass is 32.1. The molecule has 1 aliphatic heterocycles. The average molecular weight is 400 g/mol. The van der Waals surface area contributed by atoms with Crippen LogP contribution in [0.25, 0.3) is 11.5 Å². The number of carbonyl (C=O) groups excluding carboxylic acids is 1. The highest BCUT2D eigenvalue weighted by molar-refractivity contribution is 7.17. The molecule has 4 heterocycles. The normalized spacial score (nSPS) is 14.3. The van der Waals surface area contributed by atoms with Crippen LogP contribution >= 0.6 is 11.3 Å². The van der Waals surface area contributed by atoms with E-state index in [1.54, 1.807) is 24.2 Å². The third-order valence-electron chi connectivity index (χ3n) is 4.34. The Bertz CT molecular complexity index is 951. The van der Waals surface area contributed by atoms with E-state index in [0.717, 1.165) is 23.9 Å². The molecule has 3 aromatic rings. The molecule has 1 fully saturated rings. The van der Waals surface area contributed by atoms with Gasteiger partial charge in [0.15, 0.2) is 5.13 Å². The summed E-state index contributed by atoms with van der Waals surface area (Å²) in [5.41, 5.74) is 1.35. The summed E-state index contributed by atoms with van der Waals surface area (Å²) in [6, 6.07) is 5.48. The molecule has 9 nitrogen and oxygen atoms in total. The summed E-state index contributed by atoms with van der Waals surface area (Å²) in [6.45, 7) is 4.99. The van der Waals surface area contributed by atoms with Gasteiger partial charge in [-0.15, -0.1) is 0 Å². The smallest absolute Gasteiger partial charge is 0.266 e. The third-order valence-corrected chi connectivity index (χ3v) is 5.55. The van der Waals surface area contributed by atoms with Crippen molar-refractivity contribution in [1.82, 2.24) is 25.0 Å². The van der Waals surface area contributed by atoms with Gasteiger partial charge in [0.25, 0.3) is 5.91 Å². The second-order valence-corrected chi connectivity index (χ2v) is 7.38. The van der Waals surface area contributed by atoms with E-state index in [2.05, 4.69) is 25.0 Å². The van der Waals surface area contributed by atoms with Crippen LogP contribution in [0.1, 0.15) is 21.3 Å². The van der Waals surface area contributed by atoms with Gasteiger partial charge in [0.05, 0.1) is 18.9 Å². The topological polar surface area (TPSA) is 97.5 Å². The molecule has 0 bridgehead atoms. The van der Waals surface area contributed by atoms with Gasteiger partial charge in [-0.25, -0.2) is 4.98 Å². The van der Waals surface area contributed by atoms with Crippen LogP contribution in [-0.2, 0) is 11.3 Å². The zero-order chi connectivity index (χ0) is 19.5. The Labute approximate surface area is 166 Å². The predicted molar refractivity (Wildman–Crippen MR) is 103 cm³/mol. The molecular formula is C18H20N6O3S. The Morgan fingerprint density at radius 1 is 1.29 bits per heavy atom. The van der Waals surface area contributed by atoms with E-state index >= 15 is 0 Å². The first-order valence-corrected chi connectivity index (χ1v) is 9.73. The van der Waals surface area contributed by atoms with Gasteiger partial charge in [-0.1, -0.05) is 22.6 Å². The van der Waals surface area contributed by atoms with Crippen LogP contribution in [0.4, 0.5) is 5.13 Å². The van der Waals surface area contributed by atoms with Gasteiger partial charge < -0.3 is 19.1 Å². The Morgan fingerprint density at radius 2 is 2.11 bits per heavy atom. The summed E-state index contributed by atoms with van der Waals surface area (Å²) in [7, 11) is 1.71. The molecule has 0 radical (unpaired) electrons. The Kier molecular flexibility index (Phi) is 5.31. The lowest BCUT2D eigenvalue weighted by Gasteiger charge is -2.26. The number of aryl methyl sites for hydroxylation is 1. The Balaban J connectivity index is 1.45. The lowest BCUT2D eigenvalue weighted by molar-refractivity contribution is 0.0773. The standard InChI is InChI=1S/C18H20N6O3S/c1-12-15(28-18(20-12)24-7-9-26-10-8-24)17(25)23(2)11-14-21-16(22-27-14)13-5-3-4-6-19-13/h3-6H,7-11H2,1-2H3. The van der Waals surface area contributed by atoms with E-state index in [0.29, 0.717) is 35.5 Å². The zero-order valence-electron chi connectivity index (χ0n) is 15.7. The van der Waals surface area contributed by atoms with Crippen LogP contribution in [0.5, 0.6) is 0 Å². The van der Waals surface area contributed by atoms with Crippen molar-refractivity contribution >= 4 is 22.4 Å². The second kappa shape index (κ2) is 8.03. The van der Waals surface area contributed by atoms with Crippen LogP contribution in [0.3, 0.4) is 0 Å². The van der Waals surface area contributed by atoms with Gasteiger partial charge in [0, 0.05) is 26.3 Å². The summed E-state index contributed by atoms with van der Waals surface area (Å²) < 4.78 is 10.7. The number of morpholine rings is 1. The molecule has 0 unspecified atom stereocenters. The van der Waals surface area contributed by atoms with Gasteiger partial charge in [0.1, 0.15) is 17.1 Å². The average Bonchev–Trinajstić information content (AvgIpc) is 3.35. The number of amides is 1. The minimum absolute atomic E-state index is 0.118. The monoisotopic (exact) mass is 400 g/mol. The van der Waals surface area contributed by atoms with E-state index in [4.69, 9.17) is 9.26 Å². The van der Waals surface area contributed by atoms with Crippen molar-refractivity contribution in [3.8, 4) is 11.5 Å². The van der Waals surface area contributed by atoms with Crippen molar-refractivity contribution in [3.63, 3.8) is 0 Å². The van der Waals surface area contributed by atoms with E-state index < -0.39 is 0 Å². The van der Waals surface area contributed by atoms with Crippen molar-refractivity contribution in [2.45, 2.75) is 13.5 Å². The van der Waals surface area contributed by atoms with E-state index in [1.165, 1.54) is 11.3 Å². The van der Waals surface area contributed by atoms with Crippen LogP contribution in [0.15, 0.2) is 28.9 Å². The van der Waals surface area contributed by atoms with Crippen LogP contribution in [0, 0.1) is 6.92 Å². The SMILES string of the molecule is Cc1nc(N2CCOCC2)sc1C(=O)N(C)Cc1nc(-c2ccccn2)no1. The largest absolute Gasteiger partial charge is 0.378 e. The number of anilines is 1. The lowest BCUT2D eigenvalue weighted by atomic mass is 10.3. The number of nitrogens with zero attached hydrogens (tertiary/aromatic N) is 6. The minimum Gasteiger partial charge on any atom is -0.378 e. The van der Waals surface area contributed by atoms with Gasteiger partial charge in [-0.3, -0.25) is 9.78 Å². The molecule has 146 valence electrons. The van der Waals surface area contributed by atoms with Crippen LogP contribution < -0.4 is 4.90 Å². The molecule has 1 amide bonds. The van der Waals surface area contributed by atoms with Gasteiger partial charge in [-0.05, 0) is 19.1 Å². The molecular weight excluding hydrogens is 380 g/mol. The van der Waals surface area contributed by atoms with Crippen molar-refractivity contribution in [3.05, 3.63) is 40.9 Å². The molecule has 0 N–H and O–H groups in total. The first-order valence-electron chi connectivity index (χ1n) is 8.91. The summed E-state index contributed by atoms with van der Waals surface area (Å²) in [6.07, 6.45) is 1.67. The molecule has 4 rings (SSSR count). The van der Waals surface area contributed by atoms with Crippen molar-refractivity contribution in [2.24, 2.45) is 0 Å². The molecule has 1 aliphatic rings. The summed E-state index contributed by atoms with van der Waals surface area (Å²) >= 11 is 1.41. The second-order valence-electron chi connectivity index (χ2n) is 6.40. The maximum atomic E-state index is 12.9. The number of rotatable bonds is 5.